The molecule has 0 bridgehead atoms. The third-order valence-corrected chi connectivity index (χ3v) is 1.79. The van der Waals surface area contributed by atoms with Crippen LogP contribution < -0.4 is 5.73 Å². The van der Waals surface area contributed by atoms with E-state index in [-0.39, 0.29) is 16.4 Å². The molecular weight excluding hydrogens is 186 g/mol. The molecular formula is C7H7ClF2N2. The number of rotatable bonds is 1. The molecule has 1 heterocycles. The van der Waals surface area contributed by atoms with Gasteiger partial charge in [0.2, 0.25) is 0 Å². The zero-order chi connectivity index (χ0) is 9.30. The first kappa shape index (κ1) is 9.19. The highest BCUT2D eigenvalue weighted by Crippen LogP contribution is 2.30. The van der Waals surface area contributed by atoms with Gasteiger partial charge in [-0.2, -0.15) is 0 Å². The van der Waals surface area contributed by atoms with E-state index in [0.29, 0.717) is 5.69 Å². The van der Waals surface area contributed by atoms with Gasteiger partial charge in [0, 0.05) is 11.3 Å². The van der Waals surface area contributed by atoms with Crippen molar-refractivity contribution in [3.05, 3.63) is 22.3 Å². The van der Waals surface area contributed by atoms with E-state index in [9.17, 15) is 8.78 Å². The van der Waals surface area contributed by atoms with Crippen LogP contribution in [0.5, 0.6) is 0 Å². The number of hydrogen-bond acceptors (Lipinski definition) is 2. The Morgan fingerprint density at radius 2 is 2.17 bits per heavy atom. The standard InChI is InChI=1S/C7H7ClF2N2/c1-3-2-4(6(9)10)5(8)7(11)12-3/h2,6H,1H3,(H2,11,12). The molecule has 0 radical (unpaired) electrons. The first-order valence-electron chi connectivity index (χ1n) is 3.23. The summed E-state index contributed by atoms with van der Waals surface area (Å²) in [7, 11) is 0. The third-order valence-electron chi connectivity index (χ3n) is 1.37. The molecule has 12 heavy (non-hydrogen) atoms. The normalized spacial score (nSPS) is 10.8. The maximum absolute atomic E-state index is 12.2. The second-order valence-electron chi connectivity index (χ2n) is 2.35. The second-order valence-corrected chi connectivity index (χ2v) is 2.73. The quantitative estimate of drug-likeness (QED) is 0.743. The van der Waals surface area contributed by atoms with Gasteiger partial charge in [-0.05, 0) is 13.0 Å². The number of nitrogen functional groups attached to an aromatic ring is 1. The van der Waals surface area contributed by atoms with Gasteiger partial charge in [-0.15, -0.1) is 0 Å². The predicted octanol–water partition coefficient (Wildman–Crippen LogP) is 2.56. The molecule has 0 amide bonds. The van der Waals surface area contributed by atoms with E-state index < -0.39 is 6.43 Å². The molecule has 0 spiro atoms. The Hall–Kier alpha value is -0.900. The van der Waals surface area contributed by atoms with Gasteiger partial charge < -0.3 is 5.73 Å². The highest BCUT2D eigenvalue weighted by Gasteiger charge is 2.15. The fourth-order valence-corrected chi connectivity index (χ4v) is 1.05. The summed E-state index contributed by atoms with van der Waals surface area (Å²) in [5, 5.41) is -0.157. The van der Waals surface area contributed by atoms with Gasteiger partial charge in [-0.1, -0.05) is 11.6 Å². The first-order chi connectivity index (χ1) is 5.52. The lowest BCUT2D eigenvalue weighted by Crippen LogP contribution is -1.98. The van der Waals surface area contributed by atoms with Crippen molar-refractivity contribution >= 4 is 17.4 Å². The summed E-state index contributed by atoms with van der Waals surface area (Å²) in [6.07, 6.45) is -2.61. The summed E-state index contributed by atoms with van der Waals surface area (Å²) in [6, 6.07) is 1.23. The molecule has 66 valence electrons. The molecule has 0 fully saturated rings. The molecule has 2 nitrogen and oxygen atoms in total. The number of hydrogen-bond donors (Lipinski definition) is 1. The van der Waals surface area contributed by atoms with Gasteiger partial charge in [-0.25, -0.2) is 13.8 Å². The Morgan fingerprint density at radius 3 is 2.67 bits per heavy atom. The largest absolute Gasteiger partial charge is 0.382 e. The van der Waals surface area contributed by atoms with Gasteiger partial charge in [0.05, 0.1) is 5.02 Å². The molecule has 5 heteroatoms. The number of nitrogens with two attached hydrogens (primary N) is 1. The van der Waals surface area contributed by atoms with E-state index in [0.717, 1.165) is 0 Å². The summed E-state index contributed by atoms with van der Waals surface area (Å²) in [5.74, 6) is -0.0491. The topological polar surface area (TPSA) is 38.9 Å². The summed E-state index contributed by atoms with van der Waals surface area (Å²) in [4.78, 5) is 3.73. The van der Waals surface area contributed by atoms with Gasteiger partial charge in [0.1, 0.15) is 5.82 Å². The van der Waals surface area contributed by atoms with Crippen LogP contribution in [0.25, 0.3) is 0 Å². The zero-order valence-electron chi connectivity index (χ0n) is 6.31. The molecule has 0 aliphatic carbocycles. The van der Waals surface area contributed by atoms with Crippen molar-refractivity contribution < 1.29 is 8.78 Å². The van der Waals surface area contributed by atoms with Crippen molar-refractivity contribution in [2.75, 3.05) is 5.73 Å². The molecule has 2 N–H and O–H groups in total. The number of aryl methyl sites for hydroxylation is 1. The number of aromatic nitrogens is 1. The Kier molecular flexibility index (Phi) is 2.47. The number of pyridine rings is 1. The maximum Gasteiger partial charge on any atom is 0.265 e. The van der Waals surface area contributed by atoms with Gasteiger partial charge in [0.15, 0.2) is 0 Å². The van der Waals surface area contributed by atoms with E-state index in [1.807, 2.05) is 0 Å². The summed E-state index contributed by atoms with van der Waals surface area (Å²) < 4.78 is 24.4. The summed E-state index contributed by atoms with van der Waals surface area (Å²) in [5.41, 5.74) is 5.46. The monoisotopic (exact) mass is 192 g/mol. The molecule has 1 rings (SSSR count). The molecule has 1 aromatic heterocycles. The third kappa shape index (κ3) is 1.64. The van der Waals surface area contributed by atoms with Crippen molar-refractivity contribution in [2.24, 2.45) is 0 Å². The van der Waals surface area contributed by atoms with Crippen molar-refractivity contribution in [1.82, 2.24) is 4.98 Å². The molecule has 0 aromatic carbocycles. The average Bonchev–Trinajstić information content (AvgIpc) is 1.96. The van der Waals surface area contributed by atoms with Crippen LogP contribution in [0.4, 0.5) is 14.6 Å². The van der Waals surface area contributed by atoms with Gasteiger partial charge in [-0.3, -0.25) is 0 Å². The van der Waals surface area contributed by atoms with E-state index in [4.69, 9.17) is 17.3 Å². The molecule has 0 atom stereocenters. The molecule has 0 aliphatic rings. The summed E-state index contributed by atoms with van der Waals surface area (Å²) in [6.45, 7) is 1.58. The van der Waals surface area contributed by atoms with Crippen LogP contribution in [-0.2, 0) is 0 Å². The minimum absolute atomic E-state index is 0.0491. The van der Waals surface area contributed by atoms with Crippen LogP contribution in [0.2, 0.25) is 5.02 Å². The van der Waals surface area contributed by atoms with Gasteiger partial charge in [0.25, 0.3) is 6.43 Å². The molecule has 1 aromatic rings. The predicted molar refractivity (Wildman–Crippen MR) is 43.4 cm³/mol. The minimum atomic E-state index is -2.61. The van der Waals surface area contributed by atoms with Crippen molar-refractivity contribution in [3.8, 4) is 0 Å². The zero-order valence-corrected chi connectivity index (χ0v) is 7.07. The Morgan fingerprint density at radius 1 is 1.58 bits per heavy atom. The molecule has 0 unspecified atom stereocenters. The lowest BCUT2D eigenvalue weighted by atomic mass is 10.2. The number of halogens is 3. The maximum atomic E-state index is 12.2. The fraction of sp³-hybridized carbons (Fsp3) is 0.286. The molecule has 0 saturated heterocycles. The lowest BCUT2D eigenvalue weighted by molar-refractivity contribution is 0.151. The Labute approximate surface area is 73.4 Å². The van der Waals surface area contributed by atoms with E-state index in [1.165, 1.54) is 6.07 Å². The van der Waals surface area contributed by atoms with Crippen LogP contribution in [0, 0.1) is 6.92 Å². The number of anilines is 1. The van der Waals surface area contributed by atoms with Crippen molar-refractivity contribution in [3.63, 3.8) is 0 Å². The van der Waals surface area contributed by atoms with E-state index in [1.54, 1.807) is 6.92 Å². The minimum Gasteiger partial charge on any atom is -0.382 e. The van der Waals surface area contributed by atoms with Crippen molar-refractivity contribution in [1.29, 1.82) is 0 Å². The fourth-order valence-electron chi connectivity index (χ4n) is 0.866. The smallest absolute Gasteiger partial charge is 0.265 e. The van der Waals surface area contributed by atoms with Crippen LogP contribution in [0.3, 0.4) is 0 Å². The highest BCUT2D eigenvalue weighted by atomic mass is 35.5. The highest BCUT2D eigenvalue weighted by molar-refractivity contribution is 6.33. The Balaban J connectivity index is 3.28. The van der Waals surface area contributed by atoms with Crippen molar-refractivity contribution in [2.45, 2.75) is 13.3 Å². The first-order valence-corrected chi connectivity index (χ1v) is 3.61. The van der Waals surface area contributed by atoms with Crippen LogP contribution >= 0.6 is 11.6 Å². The van der Waals surface area contributed by atoms with Crippen LogP contribution in [0.1, 0.15) is 17.7 Å². The SMILES string of the molecule is Cc1cc(C(F)F)c(Cl)c(N)n1. The van der Waals surface area contributed by atoms with E-state index in [2.05, 4.69) is 4.98 Å². The Bertz CT molecular complexity index is 302. The number of alkyl halides is 2. The summed E-state index contributed by atoms with van der Waals surface area (Å²) >= 11 is 5.49. The van der Waals surface area contributed by atoms with Crippen LogP contribution in [-0.4, -0.2) is 4.98 Å². The average molecular weight is 193 g/mol. The van der Waals surface area contributed by atoms with E-state index >= 15 is 0 Å². The molecule has 0 aliphatic heterocycles. The second kappa shape index (κ2) is 3.23. The van der Waals surface area contributed by atoms with Gasteiger partial charge >= 0.3 is 0 Å². The number of nitrogens with zero attached hydrogens (tertiary/aromatic N) is 1. The van der Waals surface area contributed by atoms with Crippen LogP contribution in [0.15, 0.2) is 6.07 Å². The molecule has 0 saturated carbocycles. The lowest BCUT2D eigenvalue weighted by Gasteiger charge is -2.05.